The smallest absolute Gasteiger partial charge is 0.126 e. The van der Waals surface area contributed by atoms with Gasteiger partial charge in [0.15, 0.2) is 0 Å². The van der Waals surface area contributed by atoms with E-state index in [2.05, 4.69) is 0 Å². The van der Waals surface area contributed by atoms with Gasteiger partial charge in [0.25, 0.3) is 0 Å². The number of nitrogens with two attached hydrogens (primary N) is 1. The first-order valence-electron chi connectivity index (χ1n) is 5.00. The van der Waals surface area contributed by atoms with E-state index in [-0.39, 0.29) is 18.5 Å². The summed E-state index contributed by atoms with van der Waals surface area (Å²) in [5, 5.41) is 18.6. The molecule has 4 N–H and O–H groups in total. The van der Waals surface area contributed by atoms with Gasteiger partial charge in [0, 0.05) is 18.1 Å². The monoisotopic (exact) mass is 209 g/mol. The molecule has 0 saturated carbocycles. The van der Waals surface area contributed by atoms with E-state index in [9.17, 15) is 5.11 Å². The van der Waals surface area contributed by atoms with Crippen LogP contribution in [0.25, 0.3) is 0 Å². The third kappa shape index (κ3) is 1.78. The van der Waals surface area contributed by atoms with E-state index in [1.165, 1.54) is 0 Å². The van der Waals surface area contributed by atoms with Gasteiger partial charge in [-0.3, -0.25) is 0 Å². The normalized spacial score (nSPS) is 20.9. The number of ether oxygens (including phenoxy) is 1. The van der Waals surface area contributed by atoms with Gasteiger partial charge in [-0.15, -0.1) is 0 Å². The highest BCUT2D eigenvalue weighted by atomic mass is 16.5. The minimum Gasteiger partial charge on any atom is -0.507 e. The Hall–Kier alpha value is -1.26. The molecule has 4 heteroatoms. The molecule has 1 aliphatic rings. The molecule has 2 atom stereocenters. The van der Waals surface area contributed by atoms with Gasteiger partial charge in [-0.25, -0.2) is 0 Å². The lowest BCUT2D eigenvalue weighted by atomic mass is 10.0. The zero-order chi connectivity index (χ0) is 11.0. The Balaban J connectivity index is 2.39. The lowest BCUT2D eigenvalue weighted by Crippen LogP contribution is -2.14. The SMILES string of the molecule is CC1Cc2cc(C(N)CO)c(O)cc2O1. The Morgan fingerprint density at radius 3 is 3.00 bits per heavy atom. The first-order valence-corrected chi connectivity index (χ1v) is 5.00. The van der Waals surface area contributed by atoms with Crippen LogP contribution in [0.1, 0.15) is 24.1 Å². The molecule has 1 aliphatic heterocycles. The van der Waals surface area contributed by atoms with Gasteiger partial charge in [0.05, 0.1) is 12.6 Å². The number of benzene rings is 1. The van der Waals surface area contributed by atoms with Crippen LogP contribution in [0.5, 0.6) is 11.5 Å². The van der Waals surface area contributed by atoms with Gasteiger partial charge in [0.2, 0.25) is 0 Å². The molecule has 0 amide bonds. The molecule has 82 valence electrons. The predicted molar refractivity (Wildman–Crippen MR) is 55.9 cm³/mol. The number of hydrogen-bond acceptors (Lipinski definition) is 4. The minimum absolute atomic E-state index is 0.0874. The number of phenolic OH excluding ortho intramolecular Hbond substituents is 1. The largest absolute Gasteiger partial charge is 0.507 e. The van der Waals surface area contributed by atoms with E-state index in [1.807, 2.05) is 13.0 Å². The van der Waals surface area contributed by atoms with Crippen LogP contribution >= 0.6 is 0 Å². The summed E-state index contributed by atoms with van der Waals surface area (Å²) >= 11 is 0. The fourth-order valence-electron chi connectivity index (χ4n) is 1.87. The number of hydrogen-bond donors (Lipinski definition) is 3. The first kappa shape index (κ1) is 10.3. The quantitative estimate of drug-likeness (QED) is 0.670. The molecule has 0 spiro atoms. The highest BCUT2D eigenvalue weighted by molar-refractivity contribution is 5.49. The maximum atomic E-state index is 9.69. The maximum Gasteiger partial charge on any atom is 0.126 e. The molecular weight excluding hydrogens is 194 g/mol. The molecule has 0 bridgehead atoms. The summed E-state index contributed by atoms with van der Waals surface area (Å²) in [4.78, 5) is 0. The first-order chi connectivity index (χ1) is 7.11. The number of aliphatic hydroxyl groups is 1. The Bertz CT molecular complexity index is 378. The van der Waals surface area contributed by atoms with Crippen LogP contribution in [0.4, 0.5) is 0 Å². The van der Waals surface area contributed by atoms with Crippen molar-refractivity contribution in [2.45, 2.75) is 25.5 Å². The number of aromatic hydroxyl groups is 1. The molecule has 0 aliphatic carbocycles. The van der Waals surface area contributed by atoms with E-state index in [0.29, 0.717) is 11.3 Å². The lowest BCUT2D eigenvalue weighted by Gasteiger charge is -2.12. The zero-order valence-electron chi connectivity index (χ0n) is 8.60. The Morgan fingerprint density at radius 1 is 1.60 bits per heavy atom. The van der Waals surface area contributed by atoms with Gasteiger partial charge in [-0.2, -0.15) is 0 Å². The second-order valence-electron chi connectivity index (χ2n) is 3.94. The Morgan fingerprint density at radius 2 is 2.33 bits per heavy atom. The molecule has 0 radical (unpaired) electrons. The van der Waals surface area contributed by atoms with E-state index < -0.39 is 6.04 Å². The predicted octanol–water partition coefficient (Wildman–Crippen LogP) is 0.708. The van der Waals surface area contributed by atoms with Crippen LogP contribution in [0.2, 0.25) is 0 Å². The summed E-state index contributed by atoms with van der Waals surface area (Å²) < 4.78 is 5.49. The Kier molecular flexibility index (Phi) is 2.54. The van der Waals surface area contributed by atoms with Gasteiger partial charge < -0.3 is 20.7 Å². The van der Waals surface area contributed by atoms with E-state index in [0.717, 1.165) is 12.0 Å². The molecule has 1 aromatic rings. The fraction of sp³-hybridized carbons (Fsp3) is 0.455. The second kappa shape index (κ2) is 3.72. The molecule has 0 aromatic heterocycles. The average molecular weight is 209 g/mol. The molecular formula is C11H15NO3. The van der Waals surface area contributed by atoms with Crippen molar-refractivity contribution in [2.75, 3.05) is 6.61 Å². The van der Waals surface area contributed by atoms with Crippen molar-refractivity contribution in [1.29, 1.82) is 0 Å². The van der Waals surface area contributed by atoms with Crippen LogP contribution < -0.4 is 10.5 Å². The summed E-state index contributed by atoms with van der Waals surface area (Å²) in [5.41, 5.74) is 7.29. The van der Waals surface area contributed by atoms with E-state index in [1.54, 1.807) is 6.07 Å². The lowest BCUT2D eigenvalue weighted by molar-refractivity contribution is 0.253. The van der Waals surface area contributed by atoms with E-state index in [4.69, 9.17) is 15.6 Å². The molecule has 2 rings (SSSR count). The molecule has 0 saturated heterocycles. The van der Waals surface area contributed by atoms with Crippen molar-refractivity contribution in [1.82, 2.24) is 0 Å². The van der Waals surface area contributed by atoms with Crippen LogP contribution in [0.15, 0.2) is 12.1 Å². The highest BCUT2D eigenvalue weighted by Crippen LogP contribution is 2.36. The molecule has 1 aromatic carbocycles. The van der Waals surface area contributed by atoms with Crippen LogP contribution in [0, 0.1) is 0 Å². The minimum atomic E-state index is -0.536. The molecule has 2 unspecified atom stereocenters. The number of rotatable bonds is 2. The third-order valence-electron chi connectivity index (χ3n) is 2.64. The van der Waals surface area contributed by atoms with Crippen LogP contribution in [-0.4, -0.2) is 22.9 Å². The molecule has 4 nitrogen and oxygen atoms in total. The summed E-state index contributed by atoms with van der Waals surface area (Å²) in [6.07, 6.45) is 0.959. The Labute approximate surface area is 88.3 Å². The van der Waals surface area contributed by atoms with Gasteiger partial charge in [-0.05, 0) is 18.6 Å². The van der Waals surface area contributed by atoms with Crippen LogP contribution in [-0.2, 0) is 6.42 Å². The standard InChI is InChI=1S/C11H15NO3/c1-6-2-7-3-8(9(12)5-13)10(14)4-11(7)15-6/h3-4,6,9,13-14H,2,5,12H2,1H3. The van der Waals surface area contributed by atoms with Crippen molar-refractivity contribution < 1.29 is 14.9 Å². The average Bonchev–Trinajstić information content (AvgIpc) is 2.55. The summed E-state index contributed by atoms with van der Waals surface area (Å²) in [6.45, 7) is 1.80. The summed E-state index contributed by atoms with van der Waals surface area (Å²) in [5.74, 6) is 0.804. The number of aliphatic hydroxyl groups excluding tert-OH is 1. The highest BCUT2D eigenvalue weighted by Gasteiger charge is 2.22. The molecule has 1 heterocycles. The second-order valence-corrected chi connectivity index (χ2v) is 3.94. The maximum absolute atomic E-state index is 9.69. The number of phenols is 1. The molecule has 0 fully saturated rings. The molecule has 15 heavy (non-hydrogen) atoms. The fourth-order valence-corrected chi connectivity index (χ4v) is 1.87. The van der Waals surface area contributed by atoms with E-state index >= 15 is 0 Å². The van der Waals surface area contributed by atoms with Crippen molar-refractivity contribution >= 4 is 0 Å². The van der Waals surface area contributed by atoms with Crippen molar-refractivity contribution in [3.05, 3.63) is 23.3 Å². The van der Waals surface area contributed by atoms with Gasteiger partial charge >= 0.3 is 0 Å². The van der Waals surface area contributed by atoms with Crippen LogP contribution in [0.3, 0.4) is 0 Å². The van der Waals surface area contributed by atoms with Crippen molar-refractivity contribution in [2.24, 2.45) is 5.73 Å². The zero-order valence-corrected chi connectivity index (χ0v) is 8.60. The van der Waals surface area contributed by atoms with Crippen molar-refractivity contribution in [3.63, 3.8) is 0 Å². The van der Waals surface area contributed by atoms with Gasteiger partial charge in [0.1, 0.15) is 17.6 Å². The van der Waals surface area contributed by atoms with Crippen molar-refractivity contribution in [3.8, 4) is 11.5 Å². The van der Waals surface area contributed by atoms with Gasteiger partial charge in [-0.1, -0.05) is 0 Å². The number of fused-ring (bicyclic) bond motifs is 1. The summed E-state index contributed by atoms with van der Waals surface area (Å²) in [7, 11) is 0. The topological polar surface area (TPSA) is 75.7 Å². The third-order valence-corrected chi connectivity index (χ3v) is 2.64. The summed E-state index contributed by atoms with van der Waals surface area (Å²) in [6, 6.07) is 2.85.